The standard InChI is InChI=1S/C18H26N4O3.2ClH/c1-22-11-12(13-6-2-3-8-16(13)22)10-15(18(24)25)21-17(23)14(20)7-4-5-9-19;;/h2-3,6,8,11,14-15H,4-5,7,9-10,19-20H2,1H3,(H,21,23)(H,24,25);2*1H/t14-,15+;;/m0../s1. The number of aryl methyl sites for hydroxylation is 1. The summed E-state index contributed by atoms with van der Waals surface area (Å²) < 4.78 is 1.95. The molecule has 2 atom stereocenters. The molecule has 2 aromatic rings. The lowest BCUT2D eigenvalue weighted by atomic mass is 10.0. The number of nitrogens with two attached hydrogens (primary N) is 2. The number of rotatable bonds is 9. The van der Waals surface area contributed by atoms with Gasteiger partial charge < -0.3 is 26.5 Å². The molecular formula is C18H28Cl2N4O3. The van der Waals surface area contributed by atoms with Gasteiger partial charge in [-0.1, -0.05) is 24.6 Å². The number of carbonyl (C=O) groups is 2. The first kappa shape index (κ1) is 25.2. The Kier molecular flexibility index (Phi) is 11.0. The molecule has 1 amide bonds. The maximum Gasteiger partial charge on any atom is 0.326 e. The highest BCUT2D eigenvalue weighted by Gasteiger charge is 2.24. The summed E-state index contributed by atoms with van der Waals surface area (Å²) >= 11 is 0. The zero-order valence-corrected chi connectivity index (χ0v) is 16.9. The van der Waals surface area contributed by atoms with E-state index in [1.165, 1.54) is 0 Å². The largest absolute Gasteiger partial charge is 0.480 e. The summed E-state index contributed by atoms with van der Waals surface area (Å²) in [5.74, 6) is -1.51. The number of carbonyl (C=O) groups excluding carboxylic acids is 1. The predicted molar refractivity (Wildman–Crippen MR) is 112 cm³/mol. The summed E-state index contributed by atoms with van der Waals surface area (Å²) in [7, 11) is 1.91. The Morgan fingerprint density at radius 2 is 1.89 bits per heavy atom. The molecule has 6 N–H and O–H groups in total. The number of hydrogen-bond acceptors (Lipinski definition) is 4. The fourth-order valence-corrected chi connectivity index (χ4v) is 2.93. The molecule has 0 aliphatic heterocycles. The molecule has 0 aliphatic carbocycles. The Morgan fingerprint density at radius 1 is 1.22 bits per heavy atom. The van der Waals surface area contributed by atoms with Crippen molar-refractivity contribution < 1.29 is 14.7 Å². The average Bonchev–Trinajstić information content (AvgIpc) is 2.90. The lowest BCUT2D eigenvalue weighted by Crippen LogP contribution is -2.49. The van der Waals surface area contributed by atoms with Gasteiger partial charge in [0.1, 0.15) is 6.04 Å². The highest BCUT2D eigenvalue weighted by Crippen LogP contribution is 2.21. The van der Waals surface area contributed by atoms with Crippen LogP contribution in [0.5, 0.6) is 0 Å². The van der Waals surface area contributed by atoms with E-state index in [-0.39, 0.29) is 31.2 Å². The lowest BCUT2D eigenvalue weighted by molar-refractivity contribution is -0.142. The molecule has 7 nitrogen and oxygen atoms in total. The summed E-state index contributed by atoms with van der Waals surface area (Å²) in [5, 5.41) is 13.0. The van der Waals surface area contributed by atoms with Crippen LogP contribution >= 0.6 is 24.8 Å². The molecule has 1 heterocycles. The molecule has 0 bridgehead atoms. The SMILES string of the molecule is Cl.Cl.Cn1cc(C[C@@H](NC(=O)[C@@H](N)CCCCN)C(=O)O)c2ccccc21. The molecule has 1 aromatic heterocycles. The van der Waals surface area contributed by atoms with Crippen LogP contribution in [0.3, 0.4) is 0 Å². The normalized spacial score (nSPS) is 12.6. The van der Waals surface area contributed by atoms with E-state index >= 15 is 0 Å². The van der Waals surface area contributed by atoms with Crippen LogP contribution in [-0.4, -0.2) is 40.2 Å². The van der Waals surface area contributed by atoms with Gasteiger partial charge in [-0.15, -0.1) is 24.8 Å². The quantitative estimate of drug-likeness (QED) is 0.460. The van der Waals surface area contributed by atoms with Crippen LogP contribution in [0.2, 0.25) is 0 Å². The average molecular weight is 419 g/mol. The fraction of sp³-hybridized carbons (Fsp3) is 0.444. The van der Waals surface area contributed by atoms with Crippen molar-refractivity contribution in [1.29, 1.82) is 0 Å². The maximum atomic E-state index is 12.2. The van der Waals surface area contributed by atoms with Gasteiger partial charge in [-0.05, 0) is 31.0 Å². The van der Waals surface area contributed by atoms with Crippen LogP contribution < -0.4 is 16.8 Å². The summed E-state index contributed by atoms with van der Waals surface area (Å²) in [4.78, 5) is 23.8. The Hall–Kier alpha value is -1.80. The van der Waals surface area contributed by atoms with Crippen molar-refractivity contribution in [2.75, 3.05) is 6.54 Å². The van der Waals surface area contributed by atoms with Gasteiger partial charge in [-0.2, -0.15) is 0 Å². The van der Waals surface area contributed by atoms with Crippen LogP contribution in [0, 0.1) is 0 Å². The zero-order valence-electron chi connectivity index (χ0n) is 15.3. The number of halogens is 2. The number of aromatic nitrogens is 1. The van der Waals surface area contributed by atoms with Crippen molar-refractivity contribution in [1.82, 2.24) is 9.88 Å². The monoisotopic (exact) mass is 418 g/mol. The van der Waals surface area contributed by atoms with Gasteiger partial charge in [0.2, 0.25) is 5.91 Å². The first-order chi connectivity index (χ1) is 11.9. The summed E-state index contributed by atoms with van der Waals surface area (Å²) in [6.45, 7) is 0.549. The third-order valence-corrected chi connectivity index (χ3v) is 4.32. The number of nitrogens with one attached hydrogen (secondary N) is 1. The zero-order chi connectivity index (χ0) is 18.4. The number of aliphatic carboxylic acids is 1. The minimum atomic E-state index is -1.07. The van der Waals surface area contributed by atoms with Crippen LogP contribution in [0.25, 0.3) is 10.9 Å². The van der Waals surface area contributed by atoms with Crippen molar-refractivity contribution >= 4 is 47.6 Å². The van der Waals surface area contributed by atoms with E-state index in [0.717, 1.165) is 29.3 Å². The third-order valence-electron chi connectivity index (χ3n) is 4.32. The Labute approximate surface area is 171 Å². The number of benzene rings is 1. The number of carboxylic acid groups (broad SMARTS) is 1. The number of fused-ring (bicyclic) bond motifs is 1. The molecule has 0 spiro atoms. The summed E-state index contributed by atoms with van der Waals surface area (Å²) in [6.07, 6.45) is 4.13. The first-order valence-corrected chi connectivity index (χ1v) is 8.45. The molecule has 152 valence electrons. The van der Waals surface area contributed by atoms with E-state index in [0.29, 0.717) is 13.0 Å². The second-order valence-electron chi connectivity index (χ2n) is 6.28. The highest BCUT2D eigenvalue weighted by molar-refractivity contribution is 5.88. The predicted octanol–water partition coefficient (Wildman–Crippen LogP) is 1.59. The van der Waals surface area contributed by atoms with Crippen molar-refractivity contribution in [3.63, 3.8) is 0 Å². The van der Waals surface area contributed by atoms with Crippen molar-refractivity contribution in [2.24, 2.45) is 18.5 Å². The second kappa shape index (κ2) is 11.8. The van der Waals surface area contributed by atoms with Gasteiger partial charge in [0, 0.05) is 30.6 Å². The smallest absolute Gasteiger partial charge is 0.326 e. The van der Waals surface area contributed by atoms with Gasteiger partial charge in [-0.3, -0.25) is 4.79 Å². The van der Waals surface area contributed by atoms with Gasteiger partial charge in [0.05, 0.1) is 6.04 Å². The van der Waals surface area contributed by atoms with E-state index in [2.05, 4.69) is 5.32 Å². The van der Waals surface area contributed by atoms with Crippen molar-refractivity contribution in [3.8, 4) is 0 Å². The van der Waals surface area contributed by atoms with E-state index < -0.39 is 24.0 Å². The molecule has 1 aromatic carbocycles. The first-order valence-electron chi connectivity index (χ1n) is 8.45. The van der Waals surface area contributed by atoms with E-state index in [4.69, 9.17) is 11.5 Å². The third kappa shape index (κ3) is 6.70. The molecule has 0 saturated carbocycles. The van der Waals surface area contributed by atoms with Gasteiger partial charge in [0.15, 0.2) is 0 Å². The molecule has 9 heteroatoms. The van der Waals surface area contributed by atoms with E-state index in [1.54, 1.807) is 0 Å². The number of nitrogens with zero attached hydrogens (tertiary/aromatic N) is 1. The Bertz CT molecular complexity index is 751. The molecule has 0 aliphatic rings. The number of carboxylic acids is 1. The molecule has 2 rings (SSSR count). The number of unbranched alkanes of at least 4 members (excludes halogenated alkanes) is 1. The van der Waals surface area contributed by atoms with Crippen LogP contribution in [0.15, 0.2) is 30.5 Å². The molecule has 0 radical (unpaired) electrons. The van der Waals surface area contributed by atoms with Gasteiger partial charge in [0.25, 0.3) is 0 Å². The Balaban J connectivity index is 0.00000338. The van der Waals surface area contributed by atoms with E-state index in [9.17, 15) is 14.7 Å². The molecule has 0 saturated heterocycles. The molecular weight excluding hydrogens is 391 g/mol. The summed E-state index contributed by atoms with van der Waals surface area (Å²) in [5.41, 5.74) is 13.2. The molecule has 0 fully saturated rings. The molecule has 27 heavy (non-hydrogen) atoms. The van der Waals surface area contributed by atoms with Crippen LogP contribution in [0.4, 0.5) is 0 Å². The van der Waals surface area contributed by atoms with Gasteiger partial charge >= 0.3 is 5.97 Å². The maximum absolute atomic E-state index is 12.2. The van der Waals surface area contributed by atoms with E-state index in [1.807, 2.05) is 42.1 Å². The van der Waals surface area contributed by atoms with Crippen molar-refractivity contribution in [3.05, 3.63) is 36.0 Å². The van der Waals surface area contributed by atoms with Crippen molar-refractivity contribution in [2.45, 2.75) is 37.8 Å². The summed E-state index contributed by atoms with van der Waals surface area (Å²) in [6, 6.07) is 6.03. The number of para-hydroxylation sites is 1. The molecule has 0 unspecified atom stereocenters. The minimum absolute atomic E-state index is 0. The fourth-order valence-electron chi connectivity index (χ4n) is 2.93. The van der Waals surface area contributed by atoms with Crippen LogP contribution in [0.1, 0.15) is 24.8 Å². The second-order valence-corrected chi connectivity index (χ2v) is 6.28. The highest BCUT2D eigenvalue weighted by atomic mass is 35.5. The van der Waals surface area contributed by atoms with Crippen LogP contribution in [-0.2, 0) is 23.1 Å². The van der Waals surface area contributed by atoms with Gasteiger partial charge in [-0.25, -0.2) is 4.79 Å². The minimum Gasteiger partial charge on any atom is -0.480 e. The number of amides is 1. The lowest BCUT2D eigenvalue weighted by Gasteiger charge is -2.17. The number of hydrogen-bond donors (Lipinski definition) is 4. The Morgan fingerprint density at radius 3 is 2.52 bits per heavy atom. The topological polar surface area (TPSA) is 123 Å².